The quantitative estimate of drug-likeness (QED) is 0.896. The first-order chi connectivity index (χ1) is 8.63. The molecule has 0 radical (unpaired) electrons. The molecule has 0 aromatic carbocycles. The Labute approximate surface area is 111 Å². The van der Waals surface area contributed by atoms with Crippen molar-refractivity contribution >= 4 is 17.6 Å². The van der Waals surface area contributed by atoms with Crippen LogP contribution in [-0.2, 0) is 4.74 Å². The topological polar surface area (TPSA) is 62.7 Å². The minimum absolute atomic E-state index is 0.236. The van der Waals surface area contributed by atoms with E-state index in [1.807, 2.05) is 13.8 Å². The Balaban J connectivity index is 1.94. The number of rotatable bonds is 2. The Morgan fingerprint density at radius 2 is 2.22 bits per heavy atom. The standard InChI is InChI=1S/C12H18N2O3S/c1-3-17-12(16)14-6-4-9(5-7-14)11-10(15)8(2)13-18-11/h9,15H,3-7H2,1-2H3. The second kappa shape index (κ2) is 5.56. The van der Waals surface area contributed by atoms with Crippen LogP contribution in [0.5, 0.6) is 5.75 Å². The van der Waals surface area contributed by atoms with Gasteiger partial charge in [0, 0.05) is 19.0 Å². The molecule has 1 fully saturated rings. The van der Waals surface area contributed by atoms with E-state index in [4.69, 9.17) is 4.74 Å². The molecule has 1 aromatic rings. The summed E-state index contributed by atoms with van der Waals surface area (Å²) in [6, 6.07) is 0. The van der Waals surface area contributed by atoms with Crippen LogP contribution in [0, 0.1) is 6.92 Å². The number of piperidine rings is 1. The number of aromatic nitrogens is 1. The summed E-state index contributed by atoms with van der Waals surface area (Å²) in [6.07, 6.45) is 1.47. The molecule has 1 aliphatic heterocycles. The maximum atomic E-state index is 11.6. The minimum Gasteiger partial charge on any atom is -0.505 e. The fourth-order valence-corrected chi connectivity index (χ4v) is 3.13. The van der Waals surface area contributed by atoms with Gasteiger partial charge in [0.15, 0.2) is 5.75 Å². The van der Waals surface area contributed by atoms with E-state index in [0.717, 1.165) is 17.7 Å². The van der Waals surface area contributed by atoms with Gasteiger partial charge >= 0.3 is 6.09 Å². The maximum Gasteiger partial charge on any atom is 0.409 e. The van der Waals surface area contributed by atoms with E-state index in [0.29, 0.717) is 37.1 Å². The van der Waals surface area contributed by atoms with E-state index < -0.39 is 0 Å². The first kappa shape index (κ1) is 13.1. The molecule has 0 spiro atoms. The van der Waals surface area contributed by atoms with Crippen LogP contribution in [0.3, 0.4) is 0 Å². The Morgan fingerprint density at radius 1 is 1.56 bits per heavy atom. The Morgan fingerprint density at radius 3 is 2.72 bits per heavy atom. The minimum atomic E-state index is -0.236. The van der Waals surface area contributed by atoms with Crippen molar-refractivity contribution in [1.29, 1.82) is 0 Å². The molecule has 1 saturated heterocycles. The van der Waals surface area contributed by atoms with E-state index in [2.05, 4.69) is 4.37 Å². The number of aromatic hydroxyl groups is 1. The van der Waals surface area contributed by atoms with Crippen LogP contribution in [0.4, 0.5) is 4.79 Å². The average molecular weight is 270 g/mol. The van der Waals surface area contributed by atoms with Gasteiger partial charge in [0.1, 0.15) is 0 Å². The van der Waals surface area contributed by atoms with Gasteiger partial charge in [-0.2, -0.15) is 4.37 Å². The van der Waals surface area contributed by atoms with Crippen molar-refractivity contribution in [3.05, 3.63) is 10.6 Å². The summed E-state index contributed by atoms with van der Waals surface area (Å²) < 4.78 is 9.14. The molecule has 0 unspecified atom stereocenters. The smallest absolute Gasteiger partial charge is 0.409 e. The zero-order chi connectivity index (χ0) is 13.1. The second-order valence-electron chi connectivity index (χ2n) is 4.44. The van der Waals surface area contributed by atoms with Gasteiger partial charge in [-0.3, -0.25) is 0 Å². The van der Waals surface area contributed by atoms with Gasteiger partial charge in [-0.25, -0.2) is 4.79 Å². The summed E-state index contributed by atoms with van der Waals surface area (Å²) >= 11 is 1.37. The molecule has 6 heteroatoms. The Hall–Kier alpha value is -1.30. The molecular weight excluding hydrogens is 252 g/mol. The summed E-state index contributed by atoms with van der Waals surface area (Å²) in [7, 11) is 0. The average Bonchev–Trinajstić information content (AvgIpc) is 2.71. The number of nitrogens with zero attached hydrogens (tertiary/aromatic N) is 2. The largest absolute Gasteiger partial charge is 0.505 e. The van der Waals surface area contributed by atoms with Gasteiger partial charge < -0.3 is 14.7 Å². The zero-order valence-electron chi connectivity index (χ0n) is 10.7. The zero-order valence-corrected chi connectivity index (χ0v) is 11.5. The van der Waals surface area contributed by atoms with Crippen LogP contribution in [-0.4, -0.2) is 40.2 Å². The molecule has 0 saturated carbocycles. The van der Waals surface area contributed by atoms with Crippen LogP contribution in [0.1, 0.15) is 36.3 Å². The van der Waals surface area contributed by atoms with Crippen molar-refractivity contribution in [1.82, 2.24) is 9.27 Å². The molecule has 1 N–H and O–H groups in total. The van der Waals surface area contributed by atoms with Gasteiger partial charge in [0.2, 0.25) is 0 Å². The van der Waals surface area contributed by atoms with Crippen LogP contribution >= 0.6 is 11.5 Å². The van der Waals surface area contributed by atoms with Gasteiger partial charge in [0.05, 0.1) is 17.2 Å². The van der Waals surface area contributed by atoms with Crippen molar-refractivity contribution < 1.29 is 14.6 Å². The first-order valence-corrected chi connectivity index (χ1v) is 6.97. The number of hydrogen-bond acceptors (Lipinski definition) is 5. The number of ether oxygens (including phenoxy) is 1. The predicted octanol–water partition coefficient (Wildman–Crippen LogP) is 2.49. The van der Waals surface area contributed by atoms with Crippen molar-refractivity contribution in [2.45, 2.75) is 32.6 Å². The van der Waals surface area contributed by atoms with Gasteiger partial charge in [-0.1, -0.05) is 0 Å². The normalized spacial score (nSPS) is 16.9. The molecule has 100 valence electrons. The van der Waals surface area contributed by atoms with Crippen LogP contribution in [0.2, 0.25) is 0 Å². The number of carbonyl (C=O) groups excluding carboxylic acids is 1. The van der Waals surface area contributed by atoms with Crippen LogP contribution < -0.4 is 0 Å². The number of likely N-dealkylation sites (tertiary alicyclic amines) is 1. The fourth-order valence-electron chi connectivity index (χ4n) is 2.19. The molecular formula is C12H18N2O3S. The number of hydrogen-bond donors (Lipinski definition) is 1. The monoisotopic (exact) mass is 270 g/mol. The van der Waals surface area contributed by atoms with Gasteiger partial charge in [-0.05, 0) is 38.2 Å². The van der Waals surface area contributed by atoms with E-state index in [-0.39, 0.29) is 6.09 Å². The van der Waals surface area contributed by atoms with E-state index in [9.17, 15) is 9.90 Å². The molecule has 1 aliphatic rings. The number of aryl methyl sites for hydroxylation is 1. The first-order valence-electron chi connectivity index (χ1n) is 6.20. The molecule has 1 aromatic heterocycles. The van der Waals surface area contributed by atoms with Crippen LogP contribution in [0.25, 0.3) is 0 Å². The molecule has 0 atom stereocenters. The highest BCUT2D eigenvalue weighted by Gasteiger charge is 2.27. The van der Waals surface area contributed by atoms with Crippen LogP contribution in [0.15, 0.2) is 0 Å². The lowest BCUT2D eigenvalue weighted by Crippen LogP contribution is -2.38. The van der Waals surface area contributed by atoms with Crippen molar-refractivity contribution in [2.24, 2.45) is 0 Å². The maximum absolute atomic E-state index is 11.6. The molecule has 18 heavy (non-hydrogen) atoms. The van der Waals surface area contributed by atoms with Crippen molar-refractivity contribution in [2.75, 3.05) is 19.7 Å². The molecule has 1 amide bonds. The summed E-state index contributed by atoms with van der Waals surface area (Å²) in [5.74, 6) is 0.636. The summed E-state index contributed by atoms with van der Waals surface area (Å²) in [6.45, 7) is 5.39. The molecule has 0 aliphatic carbocycles. The fraction of sp³-hybridized carbons (Fsp3) is 0.667. The van der Waals surface area contributed by atoms with E-state index in [1.54, 1.807) is 4.90 Å². The van der Waals surface area contributed by atoms with Gasteiger partial charge in [0.25, 0.3) is 0 Å². The third kappa shape index (κ3) is 2.58. The van der Waals surface area contributed by atoms with Crippen molar-refractivity contribution in [3.63, 3.8) is 0 Å². The number of carbonyl (C=O) groups is 1. The summed E-state index contributed by atoms with van der Waals surface area (Å²) in [5.41, 5.74) is 0.697. The highest BCUT2D eigenvalue weighted by molar-refractivity contribution is 7.06. The highest BCUT2D eigenvalue weighted by atomic mass is 32.1. The summed E-state index contributed by atoms with van der Waals surface area (Å²) in [4.78, 5) is 14.2. The Bertz CT molecular complexity index is 425. The third-order valence-corrected chi connectivity index (χ3v) is 4.34. The molecule has 0 bridgehead atoms. The number of amides is 1. The lowest BCUT2D eigenvalue weighted by molar-refractivity contribution is 0.0971. The molecule has 2 rings (SSSR count). The Kier molecular flexibility index (Phi) is 4.06. The lowest BCUT2D eigenvalue weighted by atomic mass is 9.95. The molecule has 5 nitrogen and oxygen atoms in total. The predicted molar refractivity (Wildman–Crippen MR) is 69.1 cm³/mol. The molecule has 2 heterocycles. The van der Waals surface area contributed by atoms with E-state index >= 15 is 0 Å². The van der Waals surface area contributed by atoms with E-state index in [1.165, 1.54) is 11.5 Å². The summed E-state index contributed by atoms with van der Waals surface area (Å²) in [5, 5.41) is 9.89. The highest BCUT2D eigenvalue weighted by Crippen LogP contribution is 2.38. The van der Waals surface area contributed by atoms with Gasteiger partial charge in [-0.15, -0.1) is 0 Å². The van der Waals surface area contributed by atoms with Crippen molar-refractivity contribution in [3.8, 4) is 5.75 Å². The second-order valence-corrected chi connectivity index (χ2v) is 5.25. The third-order valence-electron chi connectivity index (χ3n) is 3.25. The lowest BCUT2D eigenvalue weighted by Gasteiger charge is -2.30. The SMILES string of the molecule is CCOC(=O)N1CCC(c2snc(C)c2O)CC1.